The summed E-state index contributed by atoms with van der Waals surface area (Å²) in [5.41, 5.74) is -0.663. The molecule has 6 heteroatoms. The topological polar surface area (TPSA) is 15.7 Å². The first kappa shape index (κ1) is 18.1. The van der Waals surface area contributed by atoms with Gasteiger partial charge >= 0.3 is 6.18 Å². The van der Waals surface area contributed by atoms with Gasteiger partial charge in [0.15, 0.2) is 0 Å². The zero-order valence-electron chi connectivity index (χ0n) is 13.6. The van der Waals surface area contributed by atoms with Gasteiger partial charge in [-0.1, -0.05) is 13.0 Å². The molecule has 0 aliphatic carbocycles. The largest absolute Gasteiger partial charge is 0.494 e. The molecule has 0 aromatic heterocycles. The van der Waals surface area contributed by atoms with E-state index < -0.39 is 11.7 Å². The highest BCUT2D eigenvalue weighted by molar-refractivity contribution is 5.30. The van der Waals surface area contributed by atoms with Gasteiger partial charge in [0.1, 0.15) is 5.75 Å². The third-order valence-corrected chi connectivity index (χ3v) is 4.21. The first-order valence-electron chi connectivity index (χ1n) is 8.24. The lowest BCUT2D eigenvalue weighted by atomic mass is 10.2. The Balaban J connectivity index is 1.63. The number of piperazine rings is 1. The van der Waals surface area contributed by atoms with Crippen LogP contribution < -0.4 is 4.74 Å². The minimum absolute atomic E-state index is 0.288. The summed E-state index contributed by atoms with van der Waals surface area (Å²) in [5.74, 6) is 0.288. The predicted molar refractivity (Wildman–Crippen MR) is 84.7 cm³/mol. The number of nitrogens with zero attached hydrogens (tertiary/aromatic N) is 2. The summed E-state index contributed by atoms with van der Waals surface area (Å²) in [7, 11) is 0. The minimum Gasteiger partial charge on any atom is -0.494 e. The molecule has 0 saturated carbocycles. The molecule has 23 heavy (non-hydrogen) atoms. The number of unbranched alkanes of at least 4 members (excludes halogenated alkanes) is 1. The van der Waals surface area contributed by atoms with E-state index >= 15 is 0 Å². The quantitative estimate of drug-likeness (QED) is 0.712. The van der Waals surface area contributed by atoms with Crippen molar-refractivity contribution in [2.45, 2.75) is 25.9 Å². The Kier molecular flexibility index (Phi) is 6.72. The average Bonchev–Trinajstić information content (AvgIpc) is 2.54. The molecule has 1 saturated heterocycles. The van der Waals surface area contributed by atoms with Crippen LogP contribution in [0.5, 0.6) is 5.75 Å². The van der Waals surface area contributed by atoms with Gasteiger partial charge in [-0.25, -0.2) is 0 Å². The van der Waals surface area contributed by atoms with Gasteiger partial charge in [0, 0.05) is 26.2 Å². The van der Waals surface area contributed by atoms with Crippen molar-refractivity contribution in [3.8, 4) is 5.75 Å². The van der Waals surface area contributed by atoms with Crippen molar-refractivity contribution in [2.24, 2.45) is 0 Å². The molecule has 0 unspecified atom stereocenters. The van der Waals surface area contributed by atoms with E-state index in [1.807, 2.05) is 0 Å². The van der Waals surface area contributed by atoms with Crippen LogP contribution in [0.2, 0.25) is 0 Å². The van der Waals surface area contributed by atoms with Crippen LogP contribution in [-0.2, 0) is 6.18 Å². The van der Waals surface area contributed by atoms with E-state index in [1.165, 1.54) is 6.07 Å². The summed E-state index contributed by atoms with van der Waals surface area (Å²) < 4.78 is 43.3. The minimum atomic E-state index is -4.32. The second kappa shape index (κ2) is 8.55. The first-order valence-corrected chi connectivity index (χ1v) is 8.24. The number of rotatable bonds is 7. The van der Waals surface area contributed by atoms with E-state index in [2.05, 4.69) is 16.7 Å². The standard InChI is InChI=1S/C17H25F3N2O/c1-2-21-9-11-22(12-10-21)8-3-4-13-23-16-7-5-6-15(14-16)17(18,19)20/h5-7,14H,2-4,8-13H2,1H3. The Hall–Kier alpha value is -1.27. The van der Waals surface area contributed by atoms with Gasteiger partial charge in [-0.3, -0.25) is 0 Å². The normalized spacial score (nSPS) is 17.4. The highest BCUT2D eigenvalue weighted by atomic mass is 19.4. The van der Waals surface area contributed by atoms with Crippen molar-refractivity contribution in [3.05, 3.63) is 29.8 Å². The van der Waals surface area contributed by atoms with Crippen molar-refractivity contribution in [3.63, 3.8) is 0 Å². The van der Waals surface area contributed by atoms with Gasteiger partial charge in [-0.2, -0.15) is 13.2 Å². The Morgan fingerprint density at radius 2 is 1.74 bits per heavy atom. The van der Waals surface area contributed by atoms with E-state index in [1.54, 1.807) is 6.07 Å². The summed E-state index contributed by atoms with van der Waals surface area (Å²) in [4.78, 5) is 4.88. The summed E-state index contributed by atoms with van der Waals surface area (Å²) in [6.07, 6.45) is -2.46. The molecule has 0 amide bonds. The second-order valence-electron chi connectivity index (χ2n) is 5.86. The molecular formula is C17H25F3N2O. The Morgan fingerprint density at radius 1 is 1.04 bits per heavy atom. The van der Waals surface area contributed by atoms with Crippen molar-refractivity contribution in [1.82, 2.24) is 9.80 Å². The van der Waals surface area contributed by atoms with Gasteiger partial charge in [0.2, 0.25) is 0 Å². The number of ether oxygens (including phenoxy) is 1. The van der Waals surface area contributed by atoms with E-state index in [0.717, 1.165) is 64.2 Å². The van der Waals surface area contributed by atoms with Crippen LogP contribution in [0.3, 0.4) is 0 Å². The fourth-order valence-electron chi connectivity index (χ4n) is 2.72. The Labute approximate surface area is 136 Å². The number of halogens is 3. The molecule has 1 aromatic carbocycles. The van der Waals surface area contributed by atoms with Crippen LogP contribution in [0, 0.1) is 0 Å². The van der Waals surface area contributed by atoms with Crippen LogP contribution in [0.25, 0.3) is 0 Å². The first-order chi connectivity index (χ1) is 11.0. The lowest BCUT2D eigenvalue weighted by Gasteiger charge is -2.33. The molecule has 0 atom stereocenters. The molecule has 0 bridgehead atoms. The number of likely N-dealkylation sites (N-methyl/N-ethyl adjacent to an activating group) is 1. The van der Waals surface area contributed by atoms with Crippen LogP contribution in [0.1, 0.15) is 25.3 Å². The number of alkyl halides is 3. The third kappa shape index (κ3) is 6.03. The molecule has 1 aromatic rings. The zero-order chi connectivity index (χ0) is 16.7. The van der Waals surface area contributed by atoms with E-state index in [9.17, 15) is 13.2 Å². The average molecular weight is 330 g/mol. The van der Waals surface area contributed by atoms with E-state index in [4.69, 9.17) is 4.74 Å². The highest BCUT2D eigenvalue weighted by Crippen LogP contribution is 2.31. The van der Waals surface area contributed by atoms with Crippen LogP contribution in [-0.4, -0.2) is 55.7 Å². The van der Waals surface area contributed by atoms with Crippen LogP contribution in [0.4, 0.5) is 13.2 Å². The Morgan fingerprint density at radius 3 is 2.39 bits per heavy atom. The summed E-state index contributed by atoms with van der Waals surface area (Å²) in [6, 6.07) is 5.07. The molecule has 2 rings (SSSR count). The van der Waals surface area contributed by atoms with Crippen molar-refractivity contribution in [2.75, 3.05) is 45.9 Å². The number of hydrogen-bond donors (Lipinski definition) is 0. The van der Waals surface area contributed by atoms with Crippen molar-refractivity contribution >= 4 is 0 Å². The molecule has 130 valence electrons. The molecule has 3 nitrogen and oxygen atoms in total. The van der Waals surface area contributed by atoms with Gasteiger partial charge in [-0.05, 0) is 44.1 Å². The zero-order valence-corrected chi connectivity index (χ0v) is 13.6. The van der Waals surface area contributed by atoms with Gasteiger partial charge in [-0.15, -0.1) is 0 Å². The summed E-state index contributed by atoms with van der Waals surface area (Å²) >= 11 is 0. The predicted octanol–water partition coefficient (Wildman–Crippen LogP) is 3.50. The van der Waals surface area contributed by atoms with Gasteiger partial charge < -0.3 is 14.5 Å². The van der Waals surface area contributed by atoms with Gasteiger partial charge in [0.05, 0.1) is 12.2 Å². The van der Waals surface area contributed by atoms with Crippen molar-refractivity contribution in [1.29, 1.82) is 0 Å². The summed E-state index contributed by atoms with van der Waals surface area (Å²) in [6.45, 7) is 9.22. The van der Waals surface area contributed by atoms with E-state index in [0.29, 0.717) is 6.61 Å². The molecular weight excluding hydrogens is 305 g/mol. The molecule has 1 aliphatic heterocycles. The van der Waals surface area contributed by atoms with Crippen LogP contribution >= 0.6 is 0 Å². The number of hydrogen-bond acceptors (Lipinski definition) is 3. The monoisotopic (exact) mass is 330 g/mol. The lowest BCUT2D eigenvalue weighted by molar-refractivity contribution is -0.137. The van der Waals surface area contributed by atoms with Crippen LogP contribution in [0.15, 0.2) is 24.3 Å². The van der Waals surface area contributed by atoms with Gasteiger partial charge in [0.25, 0.3) is 0 Å². The maximum atomic E-state index is 12.6. The molecule has 1 fully saturated rings. The summed E-state index contributed by atoms with van der Waals surface area (Å²) in [5, 5.41) is 0. The van der Waals surface area contributed by atoms with E-state index in [-0.39, 0.29) is 5.75 Å². The maximum absolute atomic E-state index is 12.6. The highest BCUT2D eigenvalue weighted by Gasteiger charge is 2.30. The molecule has 0 radical (unpaired) electrons. The fraction of sp³-hybridized carbons (Fsp3) is 0.647. The Bertz CT molecular complexity index is 471. The maximum Gasteiger partial charge on any atom is 0.416 e. The third-order valence-electron chi connectivity index (χ3n) is 4.21. The number of benzene rings is 1. The molecule has 0 N–H and O–H groups in total. The molecule has 1 heterocycles. The fourth-order valence-corrected chi connectivity index (χ4v) is 2.72. The van der Waals surface area contributed by atoms with Crippen molar-refractivity contribution < 1.29 is 17.9 Å². The smallest absolute Gasteiger partial charge is 0.416 e. The second-order valence-corrected chi connectivity index (χ2v) is 5.86. The molecule has 1 aliphatic rings. The lowest BCUT2D eigenvalue weighted by Crippen LogP contribution is -2.46. The molecule has 0 spiro atoms. The SMILES string of the molecule is CCN1CCN(CCCCOc2cccc(C(F)(F)F)c2)CC1.